The standard InChI is InChI=1S/C10H8BrClO2/c11-6-2-4-7-3-1-5-8(9(7)12)10(13)14/h1-5H,6H2,(H,13,14). The van der Waals surface area contributed by atoms with Gasteiger partial charge in [0.25, 0.3) is 0 Å². The molecule has 1 aromatic carbocycles. The lowest BCUT2D eigenvalue weighted by molar-refractivity contribution is 0.0697. The first-order valence-electron chi connectivity index (χ1n) is 3.91. The van der Waals surface area contributed by atoms with Crippen LogP contribution in [0.4, 0.5) is 0 Å². The normalized spacial score (nSPS) is 10.7. The van der Waals surface area contributed by atoms with Crippen molar-refractivity contribution in [1.29, 1.82) is 0 Å². The highest BCUT2D eigenvalue weighted by molar-refractivity contribution is 9.09. The van der Waals surface area contributed by atoms with Gasteiger partial charge in [-0.1, -0.05) is 51.8 Å². The van der Waals surface area contributed by atoms with Gasteiger partial charge in [0.2, 0.25) is 0 Å². The predicted molar refractivity (Wildman–Crippen MR) is 61.2 cm³/mol. The van der Waals surface area contributed by atoms with E-state index >= 15 is 0 Å². The zero-order valence-corrected chi connectivity index (χ0v) is 9.55. The Morgan fingerprint density at radius 1 is 1.57 bits per heavy atom. The summed E-state index contributed by atoms with van der Waals surface area (Å²) in [5, 5.41) is 9.78. The van der Waals surface area contributed by atoms with E-state index in [9.17, 15) is 4.79 Å². The topological polar surface area (TPSA) is 37.3 Å². The van der Waals surface area contributed by atoms with E-state index in [1.807, 2.05) is 6.08 Å². The summed E-state index contributed by atoms with van der Waals surface area (Å²) < 4.78 is 0. The molecule has 0 saturated heterocycles. The van der Waals surface area contributed by atoms with E-state index in [1.54, 1.807) is 18.2 Å². The molecule has 4 heteroatoms. The molecule has 0 heterocycles. The average Bonchev–Trinajstić information content (AvgIpc) is 2.16. The second kappa shape index (κ2) is 5.17. The van der Waals surface area contributed by atoms with Crippen molar-refractivity contribution in [3.63, 3.8) is 0 Å². The Morgan fingerprint density at radius 2 is 2.29 bits per heavy atom. The van der Waals surface area contributed by atoms with Gasteiger partial charge in [0.1, 0.15) is 0 Å². The number of rotatable bonds is 3. The van der Waals surface area contributed by atoms with Gasteiger partial charge in [0, 0.05) is 5.33 Å². The molecule has 0 aliphatic rings. The fourth-order valence-electron chi connectivity index (χ4n) is 1.02. The van der Waals surface area contributed by atoms with Crippen LogP contribution in [-0.2, 0) is 0 Å². The van der Waals surface area contributed by atoms with Crippen molar-refractivity contribution in [2.45, 2.75) is 0 Å². The third-order valence-electron chi connectivity index (χ3n) is 1.65. The Labute approximate surface area is 95.3 Å². The Balaban J connectivity index is 3.14. The molecule has 0 radical (unpaired) electrons. The first-order chi connectivity index (χ1) is 6.66. The minimum atomic E-state index is -1.01. The summed E-state index contributed by atoms with van der Waals surface area (Å²) in [4.78, 5) is 10.7. The molecule has 0 aliphatic heterocycles. The van der Waals surface area contributed by atoms with Gasteiger partial charge in [-0.15, -0.1) is 0 Å². The fourth-order valence-corrected chi connectivity index (χ4v) is 1.47. The van der Waals surface area contributed by atoms with Gasteiger partial charge in [-0.2, -0.15) is 0 Å². The molecular formula is C10H8BrClO2. The minimum absolute atomic E-state index is 0.128. The lowest BCUT2D eigenvalue weighted by Gasteiger charge is -2.01. The number of benzene rings is 1. The number of carboxylic acids is 1. The zero-order valence-electron chi connectivity index (χ0n) is 7.21. The molecular weight excluding hydrogens is 267 g/mol. The third kappa shape index (κ3) is 2.59. The minimum Gasteiger partial charge on any atom is -0.478 e. The fraction of sp³-hybridized carbons (Fsp3) is 0.100. The molecule has 74 valence electrons. The smallest absolute Gasteiger partial charge is 0.337 e. The Hall–Kier alpha value is -0.800. The summed E-state index contributed by atoms with van der Waals surface area (Å²) in [6.07, 6.45) is 3.64. The highest BCUT2D eigenvalue weighted by atomic mass is 79.9. The van der Waals surface area contributed by atoms with Crippen LogP contribution in [0.5, 0.6) is 0 Å². The van der Waals surface area contributed by atoms with Crippen molar-refractivity contribution >= 4 is 39.6 Å². The number of alkyl halides is 1. The van der Waals surface area contributed by atoms with Crippen LogP contribution in [0.2, 0.25) is 5.02 Å². The predicted octanol–water partition coefficient (Wildman–Crippen LogP) is 3.45. The SMILES string of the molecule is O=C(O)c1cccc(C=CCBr)c1Cl. The molecule has 0 aromatic heterocycles. The maximum atomic E-state index is 10.7. The summed E-state index contributed by atoms with van der Waals surface area (Å²) >= 11 is 9.12. The Bertz CT molecular complexity index is 374. The van der Waals surface area contributed by atoms with Crippen LogP contribution in [0.15, 0.2) is 24.3 Å². The molecule has 0 atom stereocenters. The number of hydrogen-bond donors (Lipinski definition) is 1. The van der Waals surface area contributed by atoms with Gasteiger partial charge in [-0.05, 0) is 11.6 Å². The van der Waals surface area contributed by atoms with Gasteiger partial charge in [-0.25, -0.2) is 4.79 Å². The molecule has 1 aromatic rings. The molecule has 0 saturated carbocycles. The molecule has 1 rings (SSSR count). The second-order valence-electron chi connectivity index (χ2n) is 2.57. The van der Waals surface area contributed by atoms with E-state index in [0.717, 1.165) is 0 Å². The van der Waals surface area contributed by atoms with Gasteiger partial charge < -0.3 is 5.11 Å². The number of aromatic carboxylic acids is 1. The maximum Gasteiger partial charge on any atom is 0.337 e. The number of carboxylic acid groups (broad SMARTS) is 1. The molecule has 0 fully saturated rings. The van der Waals surface area contributed by atoms with E-state index in [0.29, 0.717) is 10.9 Å². The number of hydrogen-bond acceptors (Lipinski definition) is 1. The monoisotopic (exact) mass is 274 g/mol. The third-order valence-corrected chi connectivity index (χ3v) is 2.44. The number of allylic oxidation sites excluding steroid dienone is 1. The van der Waals surface area contributed by atoms with Crippen LogP contribution in [0, 0.1) is 0 Å². The van der Waals surface area contributed by atoms with Crippen LogP contribution in [-0.4, -0.2) is 16.4 Å². The van der Waals surface area contributed by atoms with Crippen molar-refractivity contribution in [1.82, 2.24) is 0 Å². The van der Waals surface area contributed by atoms with Gasteiger partial charge in [-0.3, -0.25) is 0 Å². The first-order valence-corrected chi connectivity index (χ1v) is 5.41. The van der Waals surface area contributed by atoms with Crippen LogP contribution < -0.4 is 0 Å². The Morgan fingerprint density at radius 3 is 2.86 bits per heavy atom. The lowest BCUT2D eigenvalue weighted by atomic mass is 10.1. The van der Waals surface area contributed by atoms with E-state index in [-0.39, 0.29) is 10.6 Å². The van der Waals surface area contributed by atoms with E-state index in [1.165, 1.54) is 6.07 Å². The highest BCUT2D eigenvalue weighted by Crippen LogP contribution is 2.22. The average molecular weight is 276 g/mol. The quantitative estimate of drug-likeness (QED) is 0.858. The summed E-state index contributed by atoms with van der Waals surface area (Å²) in [5.74, 6) is -1.01. The second-order valence-corrected chi connectivity index (χ2v) is 3.60. The Kier molecular flexibility index (Phi) is 4.17. The van der Waals surface area contributed by atoms with Gasteiger partial charge in [0.05, 0.1) is 10.6 Å². The molecule has 0 bridgehead atoms. The van der Waals surface area contributed by atoms with Crippen molar-refractivity contribution < 1.29 is 9.90 Å². The first kappa shape index (κ1) is 11.3. The van der Waals surface area contributed by atoms with Crippen molar-refractivity contribution in [2.75, 3.05) is 5.33 Å². The van der Waals surface area contributed by atoms with E-state index in [2.05, 4.69) is 15.9 Å². The molecule has 0 amide bonds. The molecule has 1 N–H and O–H groups in total. The number of carbonyl (C=O) groups is 1. The van der Waals surface area contributed by atoms with E-state index in [4.69, 9.17) is 16.7 Å². The van der Waals surface area contributed by atoms with Gasteiger partial charge in [0.15, 0.2) is 0 Å². The van der Waals surface area contributed by atoms with E-state index < -0.39 is 5.97 Å². The van der Waals surface area contributed by atoms with Crippen LogP contribution in [0.1, 0.15) is 15.9 Å². The molecule has 14 heavy (non-hydrogen) atoms. The zero-order chi connectivity index (χ0) is 10.6. The largest absolute Gasteiger partial charge is 0.478 e. The molecule has 0 spiro atoms. The number of halogens is 2. The molecule has 0 aliphatic carbocycles. The highest BCUT2D eigenvalue weighted by Gasteiger charge is 2.09. The van der Waals surface area contributed by atoms with Crippen LogP contribution in [0.3, 0.4) is 0 Å². The lowest BCUT2D eigenvalue weighted by Crippen LogP contribution is -1.97. The van der Waals surface area contributed by atoms with Crippen molar-refractivity contribution in [2.24, 2.45) is 0 Å². The maximum absolute atomic E-state index is 10.7. The molecule has 2 nitrogen and oxygen atoms in total. The summed E-state index contributed by atoms with van der Waals surface area (Å²) in [6, 6.07) is 4.92. The summed E-state index contributed by atoms with van der Waals surface area (Å²) in [6.45, 7) is 0. The summed E-state index contributed by atoms with van der Waals surface area (Å²) in [7, 11) is 0. The molecule has 0 unspecified atom stereocenters. The van der Waals surface area contributed by atoms with Crippen LogP contribution >= 0.6 is 27.5 Å². The summed E-state index contributed by atoms with van der Waals surface area (Å²) in [5.41, 5.74) is 0.842. The van der Waals surface area contributed by atoms with Crippen LogP contribution in [0.25, 0.3) is 6.08 Å². The van der Waals surface area contributed by atoms with Crippen molar-refractivity contribution in [3.8, 4) is 0 Å². The van der Waals surface area contributed by atoms with Gasteiger partial charge >= 0.3 is 5.97 Å². The van der Waals surface area contributed by atoms with Crippen molar-refractivity contribution in [3.05, 3.63) is 40.4 Å².